The molecule has 2 heteroatoms. The minimum atomic E-state index is 0.697. The zero-order valence-corrected chi connectivity index (χ0v) is 29.5. The zero-order valence-electron chi connectivity index (χ0n) is 29.5. The molecule has 0 atom stereocenters. The van der Waals surface area contributed by atoms with E-state index >= 15 is 0 Å². The van der Waals surface area contributed by atoms with Crippen LogP contribution in [-0.2, 0) is 0 Å². The highest BCUT2D eigenvalue weighted by atomic mass is 14.9. The van der Waals surface area contributed by atoms with E-state index < -0.39 is 0 Å². The predicted molar refractivity (Wildman–Crippen MR) is 227 cm³/mol. The molecule has 0 unspecified atom stereocenters. The van der Waals surface area contributed by atoms with Crippen LogP contribution in [0.25, 0.3) is 99.6 Å². The molecule has 0 radical (unpaired) electrons. The first kappa shape index (κ1) is 31.6. The van der Waals surface area contributed by atoms with Gasteiger partial charge < -0.3 is 0 Å². The number of fused-ring (bicyclic) bond motifs is 4. The Morgan fingerprint density at radius 3 is 1.57 bits per heavy atom. The SMILES string of the molecule is c1ccc(-c2ccc(-c3ccccc3)c(-c3cc(-c4ccc(-c5c6ccccc6cc6c5ccc5ccccc56)cc4)nc(-c4ccccc4)n3)c2)cc1. The van der Waals surface area contributed by atoms with Gasteiger partial charge >= 0.3 is 0 Å². The molecule has 0 aliphatic rings. The molecule has 1 heterocycles. The molecule has 0 fully saturated rings. The lowest BCUT2D eigenvalue weighted by Crippen LogP contribution is -1.97. The van der Waals surface area contributed by atoms with E-state index in [1.807, 2.05) is 18.2 Å². The molecule has 2 nitrogen and oxygen atoms in total. The van der Waals surface area contributed by atoms with Crippen LogP contribution in [0.3, 0.4) is 0 Å². The molecule has 10 rings (SSSR count). The van der Waals surface area contributed by atoms with Crippen LogP contribution in [0, 0.1) is 0 Å². The van der Waals surface area contributed by atoms with Gasteiger partial charge in [-0.05, 0) is 83.9 Å². The van der Waals surface area contributed by atoms with Gasteiger partial charge in [-0.3, -0.25) is 0 Å². The van der Waals surface area contributed by atoms with Gasteiger partial charge in [-0.1, -0.05) is 188 Å². The van der Waals surface area contributed by atoms with Crippen molar-refractivity contribution in [1.82, 2.24) is 9.97 Å². The molecule has 10 aromatic rings. The molecule has 54 heavy (non-hydrogen) atoms. The van der Waals surface area contributed by atoms with E-state index in [4.69, 9.17) is 9.97 Å². The molecule has 0 saturated heterocycles. The van der Waals surface area contributed by atoms with Crippen LogP contribution in [0.4, 0.5) is 0 Å². The number of benzene rings is 9. The maximum atomic E-state index is 5.27. The maximum Gasteiger partial charge on any atom is 0.160 e. The zero-order chi connectivity index (χ0) is 35.8. The summed E-state index contributed by atoms with van der Waals surface area (Å²) in [6.45, 7) is 0. The highest BCUT2D eigenvalue weighted by Crippen LogP contribution is 2.41. The molecular formula is C52H34N2. The molecular weight excluding hydrogens is 653 g/mol. The maximum absolute atomic E-state index is 5.27. The number of rotatable bonds is 6. The van der Waals surface area contributed by atoms with Crippen molar-refractivity contribution < 1.29 is 0 Å². The van der Waals surface area contributed by atoms with E-state index in [2.05, 4.69) is 188 Å². The Balaban J connectivity index is 1.16. The Morgan fingerprint density at radius 1 is 0.259 bits per heavy atom. The van der Waals surface area contributed by atoms with Crippen molar-refractivity contribution in [2.24, 2.45) is 0 Å². The van der Waals surface area contributed by atoms with Crippen molar-refractivity contribution in [1.29, 1.82) is 0 Å². The Morgan fingerprint density at radius 2 is 0.833 bits per heavy atom. The van der Waals surface area contributed by atoms with Crippen molar-refractivity contribution in [3.05, 3.63) is 206 Å². The van der Waals surface area contributed by atoms with Crippen molar-refractivity contribution in [3.8, 4) is 67.3 Å². The molecule has 9 aromatic carbocycles. The molecule has 252 valence electrons. The lowest BCUT2D eigenvalue weighted by Gasteiger charge is -2.16. The van der Waals surface area contributed by atoms with Gasteiger partial charge in [-0.25, -0.2) is 9.97 Å². The Kier molecular flexibility index (Phi) is 7.85. The summed E-state index contributed by atoms with van der Waals surface area (Å²) in [5.41, 5.74) is 11.9. The third kappa shape index (κ3) is 5.71. The molecule has 0 aliphatic carbocycles. The normalized spacial score (nSPS) is 11.3. The van der Waals surface area contributed by atoms with Gasteiger partial charge in [0, 0.05) is 16.7 Å². The van der Waals surface area contributed by atoms with Gasteiger partial charge in [0.15, 0.2) is 5.82 Å². The summed E-state index contributed by atoms with van der Waals surface area (Å²) in [7, 11) is 0. The first-order valence-electron chi connectivity index (χ1n) is 18.4. The molecule has 1 aromatic heterocycles. The topological polar surface area (TPSA) is 25.8 Å². The smallest absolute Gasteiger partial charge is 0.160 e. The summed E-state index contributed by atoms with van der Waals surface area (Å²) >= 11 is 0. The van der Waals surface area contributed by atoms with Crippen LogP contribution in [0.2, 0.25) is 0 Å². The molecule has 0 N–H and O–H groups in total. The lowest BCUT2D eigenvalue weighted by atomic mass is 9.89. The van der Waals surface area contributed by atoms with Gasteiger partial charge in [0.05, 0.1) is 11.4 Å². The van der Waals surface area contributed by atoms with Gasteiger partial charge in [0.2, 0.25) is 0 Å². The monoisotopic (exact) mass is 686 g/mol. The van der Waals surface area contributed by atoms with Crippen molar-refractivity contribution in [2.75, 3.05) is 0 Å². The Labute approximate surface area is 314 Å². The number of aromatic nitrogens is 2. The first-order chi connectivity index (χ1) is 26.8. The summed E-state index contributed by atoms with van der Waals surface area (Å²) in [5.74, 6) is 0.697. The summed E-state index contributed by atoms with van der Waals surface area (Å²) in [6, 6.07) is 73.5. The molecule has 0 saturated carbocycles. The fourth-order valence-electron chi connectivity index (χ4n) is 7.82. The average Bonchev–Trinajstić information content (AvgIpc) is 3.26. The first-order valence-corrected chi connectivity index (χ1v) is 18.4. The summed E-state index contributed by atoms with van der Waals surface area (Å²) < 4.78 is 0. The van der Waals surface area contributed by atoms with Crippen LogP contribution in [0.15, 0.2) is 206 Å². The van der Waals surface area contributed by atoms with Crippen molar-refractivity contribution >= 4 is 32.3 Å². The molecule has 0 spiro atoms. The van der Waals surface area contributed by atoms with E-state index in [-0.39, 0.29) is 0 Å². The highest BCUT2D eigenvalue weighted by molar-refractivity contribution is 6.20. The second-order valence-electron chi connectivity index (χ2n) is 13.8. The van der Waals surface area contributed by atoms with Crippen LogP contribution in [0.5, 0.6) is 0 Å². The number of hydrogen-bond acceptors (Lipinski definition) is 2. The summed E-state index contributed by atoms with van der Waals surface area (Å²) in [5, 5.41) is 7.52. The quantitative estimate of drug-likeness (QED) is 0.129. The van der Waals surface area contributed by atoms with Gasteiger partial charge in [0.25, 0.3) is 0 Å². The van der Waals surface area contributed by atoms with Crippen LogP contribution in [-0.4, -0.2) is 9.97 Å². The van der Waals surface area contributed by atoms with E-state index in [1.165, 1.54) is 49.0 Å². The standard InChI is InChI=1S/C52H34N2/c1-4-14-35(15-5-1)41-29-30-44(36-16-6-2-7-17-36)48(32-41)50-34-49(53-52(54-50)40-19-8-3-9-20-40)38-24-26-39(27-25-38)51-45-23-13-11-21-42(45)33-47-43-22-12-10-18-37(43)28-31-46(47)51/h1-34H. The minimum Gasteiger partial charge on any atom is -0.228 e. The average molecular weight is 687 g/mol. The van der Waals surface area contributed by atoms with E-state index in [9.17, 15) is 0 Å². The van der Waals surface area contributed by atoms with Crippen LogP contribution in [0.1, 0.15) is 0 Å². The van der Waals surface area contributed by atoms with E-state index in [1.54, 1.807) is 0 Å². The predicted octanol–water partition coefficient (Wildman–Crippen LogP) is 13.9. The second kappa shape index (κ2) is 13.4. The fraction of sp³-hybridized carbons (Fsp3) is 0. The fourth-order valence-corrected chi connectivity index (χ4v) is 7.82. The Bertz CT molecular complexity index is 2950. The summed E-state index contributed by atoms with van der Waals surface area (Å²) in [6.07, 6.45) is 0. The van der Waals surface area contributed by atoms with Crippen LogP contribution >= 0.6 is 0 Å². The van der Waals surface area contributed by atoms with Gasteiger partial charge in [-0.15, -0.1) is 0 Å². The highest BCUT2D eigenvalue weighted by Gasteiger charge is 2.17. The van der Waals surface area contributed by atoms with Crippen molar-refractivity contribution in [2.45, 2.75) is 0 Å². The van der Waals surface area contributed by atoms with E-state index in [0.717, 1.165) is 44.8 Å². The molecule has 0 amide bonds. The third-order valence-corrected chi connectivity index (χ3v) is 10.5. The number of hydrogen-bond donors (Lipinski definition) is 0. The second-order valence-corrected chi connectivity index (χ2v) is 13.8. The largest absolute Gasteiger partial charge is 0.228 e. The van der Waals surface area contributed by atoms with E-state index in [0.29, 0.717) is 5.82 Å². The minimum absolute atomic E-state index is 0.697. The van der Waals surface area contributed by atoms with Crippen LogP contribution < -0.4 is 0 Å². The lowest BCUT2D eigenvalue weighted by molar-refractivity contribution is 1.18. The van der Waals surface area contributed by atoms with Gasteiger partial charge in [-0.2, -0.15) is 0 Å². The summed E-state index contributed by atoms with van der Waals surface area (Å²) in [4.78, 5) is 10.5. The molecule has 0 bridgehead atoms. The Hall–Kier alpha value is -7.16. The van der Waals surface area contributed by atoms with Crippen molar-refractivity contribution in [3.63, 3.8) is 0 Å². The number of nitrogens with zero attached hydrogens (tertiary/aromatic N) is 2. The molecule has 0 aliphatic heterocycles. The van der Waals surface area contributed by atoms with Gasteiger partial charge in [0.1, 0.15) is 0 Å². The third-order valence-electron chi connectivity index (χ3n) is 10.5.